The van der Waals surface area contributed by atoms with Crippen molar-refractivity contribution in [1.82, 2.24) is 14.8 Å². The molecule has 0 saturated carbocycles. The van der Waals surface area contributed by atoms with E-state index in [0.29, 0.717) is 18.2 Å². The summed E-state index contributed by atoms with van der Waals surface area (Å²) < 4.78 is 58.8. The number of benzene rings is 2. The Bertz CT molecular complexity index is 1690. The van der Waals surface area contributed by atoms with Gasteiger partial charge < -0.3 is 19.9 Å². The maximum Gasteiger partial charge on any atom is 0.416 e. The largest absolute Gasteiger partial charge is 0.481 e. The standard InChI is InChI=1S/C36H43F4N3O4/c1-20(2)12-30(43-19-25(8-11-42-9-7-10-42)28(17-31(43)44)36(38,39)40)35(47)41-29(18-32(45)46)27-16-26(15-24(6)34(27)37)33-22(4)13-21(3)14-23(33)5/h13-17,19-20,29-30H,7-12,18H2,1-6H3,(H,41,47)(H,45,46)/t29-,30?/m0/s1. The van der Waals surface area contributed by atoms with Gasteiger partial charge in [0.05, 0.1) is 18.0 Å². The predicted octanol–water partition coefficient (Wildman–Crippen LogP) is 7.07. The number of carbonyl (C=O) groups excluding carboxylic acids is 1. The number of aryl methyl sites for hydroxylation is 4. The van der Waals surface area contributed by atoms with Crippen molar-refractivity contribution >= 4 is 11.9 Å². The van der Waals surface area contributed by atoms with Crippen LogP contribution in [0.1, 0.15) is 84.1 Å². The van der Waals surface area contributed by atoms with Gasteiger partial charge in [0.1, 0.15) is 11.9 Å². The molecule has 1 saturated heterocycles. The summed E-state index contributed by atoms with van der Waals surface area (Å²) in [5.41, 5.74) is 2.53. The number of pyridine rings is 1. The lowest BCUT2D eigenvalue weighted by Crippen LogP contribution is -2.41. The summed E-state index contributed by atoms with van der Waals surface area (Å²) in [5, 5.41) is 12.5. The van der Waals surface area contributed by atoms with Crippen LogP contribution in [0.3, 0.4) is 0 Å². The number of nitrogens with zero attached hydrogens (tertiary/aromatic N) is 2. The molecule has 2 heterocycles. The van der Waals surface area contributed by atoms with Crippen LogP contribution in [0.15, 0.2) is 41.3 Å². The van der Waals surface area contributed by atoms with Gasteiger partial charge in [0, 0.05) is 24.4 Å². The topological polar surface area (TPSA) is 91.6 Å². The molecule has 2 atom stereocenters. The Hall–Kier alpha value is -3.99. The van der Waals surface area contributed by atoms with Crippen LogP contribution in [0.5, 0.6) is 0 Å². The van der Waals surface area contributed by atoms with E-state index >= 15 is 4.39 Å². The van der Waals surface area contributed by atoms with Gasteiger partial charge in [-0.2, -0.15) is 13.2 Å². The first-order valence-corrected chi connectivity index (χ1v) is 15.9. The van der Waals surface area contributed by atoms with Gasteiger partial charge in [-0.05, 0) is 111 Å². The van der Waals surface area contributed by atoms with Crippen LogP contribution in [0, 0.1) is 39.4 Å². The SMILES string of the molecule is Cc1cc(C)c(-c2cc(C)c(F)c([C@H](CC(=O)O)NC(=O)C(CC(C)C)n3cc(CCN4CCC4)c(C(F)(F)F)cc3=O)c2)c(C)c1. The molecule has 1 amide bonds. The molecule has 0 bridgehead atoms. The van der Waals surface area contributed by atoms with E-state index in [1.165, 1.54) is 6.07 Å². The number of nitrogens with one attached hydrogen (secondary N) is 1. The summed E-state index contributed by atoms with van der Waals surface area (Å²) in [6.07, 6.45) is -3.24. The zero-order valence-corrected chi connectivity index (χ0v) is 27.7. The van der Waals surface area contributed by atoms with Crippen LogP contribution in [-0.4, -0.2) is 46.1 Å². The number of carbonyl (C=O) groups is 2. The monoisotopic (exact) mass is 657 g/mol. The molecule has 3 aromatic rings. The summed E-state index contributed by atoms with van der Waals surface area (Å²) >= 11 is 0. The first-order chi connectivity index (χ1) is 22.0. The fraction of sp³-hybridized carbons (Fsp3) is 0.472. The fourth-order valence-corrected chi connectivity index (χ4v) is 6.49. The molecule has 1 unspecified atom stereocenters. The van der Waals surface area contributed by atoms with Crippen LogP contribution >= 0.6 is 0 Å². The number of aliphatic carboxylic acids is 1. The second-order valence-electron chi connectivity index (χ2n) is 13.2. The number of carboxylic acid groups (broad SMARTS) is 1. The quantitative estimate of drug-likeness (QED) is 0.203. The Labute approximate surface area is 272 Å². The van der Waals surface area contributed by atoms with E-state index in [1.807, 2.05) is 37.8 Å². The molecule has 2 N–H and O–H groups in total. The smallest absolute Gasteiger partial charge is 0.416 e. The predicted molar refractivity (Wildman–Crippen MR) is 173 cm³/mol. The third kappa shape index (κ3) is 8.49. The van der Waals surface area contributed by atoms with E-state index in [4.69, 9.17) is 0 Å². The first-order valence-electron chi connectivity index (χ1n) is 15.9. The lowest BCUT2D eigenvalue weighted by molar-refractivity contribution is -0.139. The van der Waals surface area contributed by atoms with Gasteiger partial charge in [-0.15, -0.1) is 0 Å². The number of carboxylic acids is 1. The summed E-state index contributed by atoms with van der Waals surface area (Å²) in [6.45, 7) is 12.9. The average Bonchev–Trinajstić information content (AvgIpc) is 2.91. The first kappa shape index (κ1) is 35.9. The summed E-state index contributed by atoms with van der Waals surface area (Å²) in [5.74, 6) is -2.92. The maximum absolute atomic E-state index is 15.8. The van der Waals surface area contributed by atoms with E-state index in [0.717, 1.165) is 52.5 Å². The Morgan fingerprint density at radius 1 is 0.979 bits per heavy atom. The normalized spacial score (nSPS) is 15.0. The lowest BCUT2D eigenvalue weighted by Gasteiger charge is -2.31. The molecule has 2 aromatic carbocycles. The zero-order valence-electron chi connectivity index (χ0n) is 27.7. The van der Waals surface area contributed by atoms with Gasteiger partial charge in [-0.1, -0.05) is 31.5 Å². The minimum atomic E-state index is -4.76. The van der Waals surface area contributed by atoms with Crippen LogP contribution in [0.2, 0.25) is 0 Å². The Morgan fingerprint density at radius 3 is 2.15 bits per heavy atom. The molecule has 1 aromatic heterocycles. The second-order valence-corrected chi connectivity index (χ2v) is 13.2. The van der Waals surface area contributed by atoms with E-state index in [2.05, 4.69) is 5.32 Å². The third-order valence-corrected chi connectivity index (χ3v) is 8.77. The van der Waals surface area contributed by atoms with Gasteiger partial charge >= 0.3 is 12.1 Å². The molecule has 7 nitrogen and oxygen atoms in total. The van der Waals surface area contributed by atoms with Crippen LogP contribution in [0.4, 0.5) is 17.6 Å². The number of aromatic nitrogens is 1. The summed E-state index contributed by atoms with van der Waals surface area (Å²) in [6, 6.07) is 5.14. The highest BCUT2D eigenvalue weighted by atomic mass is 19.4. The molecule has 1 aliphatic rings. The van der Waals surface area contributed by atoms with Crippen LogP contribution in [-0.2, 0) is 22.2 Å². The zero-order chi connectivity index (χ0) is 34.8. The van der Waals surface area contributed by atoms with Gasteiger partial charge in [0.25, 0.3) is 5.56 Å². The van der Waals surface area contributed by atoms with Gasteiger partial charge in [0.15, 0.2) is 0 Å². The highest BCUT2D eigenvalue weighted by Crippen LogP contribution is 2.35. The number of likely N-dealkylation sites (tertiary alicyclic amines) is 1. The summed E-state index contributed by atoms with van der Waals surface area (Å²) in [4.78, 5) is 41.2. The molecule has 11 heteroatoms. The molecule has 1 aliphatic heterocycles. The van der Waals surface area contributed by atoms with E-state index in [-0.39, 0.29) is 35.4 Å². The van der Waals surface area contributed by atoms with Crippen molar-refractivity contribution in [1.29, 1.82) is 0 Å². The maximum atomic E-state index is 15.8. The number of amides is 1. The number of hydrogen-bond donors (Lipinski definition) is 2. The van der Waals surface area contributed by atoms with Crippen molar-refractivity contribution < 1.29 is 32.3 Å². The molecular formula is C36H43F4N3O4. The van der Waals surface area contributed by atoms with E-state index in [1.54, 1.807) is 26.8 Å². The Morgan fingerprint density at radius 2 is 1.62 bits per heavy atom. The van der Waals surface area contributed by atoms with Crippen LogP contribution in [0.25, 0.3) is 11.1 Å². The minimum absolute atomic E-state index is 0.0297. The van der Waals surface area contributed by atoms with Crippen LogP contribution < -0.4 is 10.9 Å². The van der Waals surface area contributed by atoms with Gasteiger partial charge in [-0.25, -0.2) is 4.39 Å². The van der Waals surface area contributed by atoms with E-state index in [9.17, 15) is 32.7 Å². The van der Waals surface area contributed by atoms with Crippen molar-refractivity contribution in [3.05, 3.63) is 91.6 Å². The molecule has 0 radical (unpaired) electrons. The fourth-order valence-electron chi connectivity index (χ4n) is 6.49. The van der Waals surface area contributed by atoms with Crippen molar-refractivity contribution in [3.63, 3.8) is 0 Å². The minimum Gasteiger partial charge on any atom is -0.481 e. The Kier molecular flexibility index (Phi) is 11.0. The number of rotatable bonds is 12. The molecular weight excluding hydrogens is 614 g/mol. The molecule has 0 spiro atoms. The molecule has 4 rings (SSSR count). The van der Waals surface area contributed by atoms with Crippen molar-refractivity contribution in [2.24, 2.45) is 5.92 Å². The third-order valence-electron chi connectivity index (χ3n) is 8.77. The van der Waals surface area contributed by atoms with E-state index < -0.39 is 53.5 Å². The molecule has 47 heavy (non-hydrogen) atoms. The average molecular weight is 658 g/mol. The highest BCUT2D eigenvalue weighted by molar-refractivity contribution is 5.82. The molecule has 0 aliphatic carbocycles. The van der Waals surface area contributed by atoms with Crippen molar-refractivity contribution in [2.75, 3.05) is 19.6 Å². The van der Waals surface area contributed by atoms with Gasteiger partial charge in [0.2, 0.25) is 5.91 Å². The summed E-state index contributed by atoms with van der Waals surface area (Å²) in [7, 11) is 0. The molecule has 254 valence electrons. The number of halogens is 4. The Balaban J connectivity index is 1.77. The highest BCUT2D eigenvalue weighted by Gasteiger charge is 2.36. The lowest BCUT2D eigenvalue weighted by atomic mass is 9.89. The number of alkyl halides is 3. The van der Waals surface area contributed by atoms with Crippen molar-refractivity contribution in [3.8, 4) is 11.1 Å². The molecule has 1 fully saturated rings. The number of hydrogen-bond acceptors (Lipinski definition) is 4. The van der Waals surface area contributed by atoms with Gasteiger partial charge in [-0.3, -0.25) is 14.4 Å². The van der Waals surface area contributed by atoms with Crippen molar-refractivity contribution in [2.45, 2.75) is 85.5 Å². The second kappa shape index (κ2) is 14.4.